The zero-order valence-electron chi connectivity index (χ0n) is 15.6. The average molecular weight is 385 g/mol. The normalized spacial score (nSPS) is 20.8. The number of nitrogens with zero attached hydrogens (tertiary/aromatic N) is 3. The summed E-state index contributed by atoms with van der Waals surface area (Å²) in [7, 11) is 0. The number of thiazole rings is 1. The summed E-state index contributed by atoms with van der Waals surface area (Å²) in [6.45, 7) is 5.68. The van der Waals surface area contributed by atoms with Gasteiger partial charge in [0, 0.05) is 19.1 Å². The van der Waals surface area contributed by atoms with Crippen molar-refractivity contribution in [3.8, 4) is 0 Å². The maximum atomic E-state index is 12.8. The van der Waals surface area contributed by atoms with Crippen LogP contribution in [-0.4, -0.2) is 52.5 Å². The topological polar surface area (TPSA) is 62.7 Å². The van der Waals surface area contributed by atoms with Crippen molar-refractivity contribution in [2.45, 2.75) is 38.8 Å². The smallest absolute Gasteiger partial charge is 0.410 e. The molecule has 2 amide bonds. The minimum atomic E-state index is -0.248. The van der Waals surface area contributed by atoms with Crippen LogP contribution in [0, 0.1) is 13.8 Å². The molecule has 7 heteroatoms. The number of cyclic esters (lactones) is 1. The van der Waals surface area contributed by atoms with E-state index in [4.69, 9.17) is 4.74 Å². The standard InChI is InChI=1S/C20H23N3O3S/c1-13-18(27-14(2)21-13)19(24)22-10-8-16(9-11-22)23-12-17(26-20(23)25)15-6-4-3-5-7-15/h3-7,16-17H,8-12H2,1-2H3. The molecule has 1 atom stereocenters. The number of carbonyl (C=O) groups is 2. The number of benzene rings is 1. The van der Waals surface area contributed by atoms with Crippen LogP contribution in [0.15, 0.2) is 30.3 Å². The van der Waals surface area contributed by atoms with Crippen molar-refractivity contribution in [2.75, 3.05) is 19.6 Å². The SMILES string of the molecule is Cc1nc(C)c(C(=O)N2CCC(N3CC(c4ccccc4)OC3=O)CC2)s1. The number of aryl methyl sites for hydroxylation is 2. The van der Waals surface area contributed by atoms with Crippen LogP contribution in [0.3, 0.4) is 0 Å². The second-order valence-corrected chi connectivity index (χ2v) is 8.31. The minimum absolute atomic E-state index is 0.0581. The van der Waals surface area contributed by atoms with Gasteiger partial charge in [0.1, 0.15) is 11.0 Å². The van der Waals surface area contributed by atoms with Crippen LogP contribution >= 0.6 is 11.3 Å². The average Bonchev–Trinajstić information content (AvgIpc) is 3.24. The van der Waals surface area contributed by atoms with Crippen LogP contribution in [-0.2, 0) is 4.74 Å². The fourth-order valence-corrected chi connectivity index (χ4v) is 4.76. The molecule has 2 aromatic rings. The first kappa shape index (κ1) is 18.0. The molecule has 0 spiro atoms. The first-order chi connectivity index (χ1) is 13.0. The summed E-state index contributed by atoms with van der Waals surface area (Å²) >= 11 is 1.45. The van der Waals surface area contributed by atoms with Crippen molar-refractivity contribution < 1.29 is 14.3 Å². The van der Waals surface area contributed by atoms with Gasteiger partial charge in [-0.15, -0.1) is 11.3 Å². The highest BCUT2D eigenvalue weighted by molar-refractivity contribution is 7.13. The van der Waals surface area contributed by atoms with Gasteiger partial charge in [-0.25, -0.2) is 9.78 Å². The predicted octanol–water partition coefficient (Wildman–Crippen LogP) is 3.56. The fourth-order valence-electron chi connectivity index (χ4n) is 3.87. The van der Waals surface area contributed by atoms with Gasteiger partial charge in [0.25, 0.3) is 5.91 Å². The monoisotopic (exact) mass is 385 g/mol. The third-order valence-electron chi connectivity index (χ3n) is 5.30. The van der Waals surface area contributed by atoms with Gasteiger partial charge in [0.05, 0.1) is 17.2 Å². The molecule has 0 aliphatic carbocycles. The molecule has 2 aliphatic heterocycles. The molecule has 142 valence electrons. The number of ether oxygens (including phenoxy) is 1. The predicted molar refractivity (Wildman–Crippen MR) is 103 cm³/mol. The fraction of sp³-hybridized carbons (Fsp3) is 0.450. The molecule has 2 aliphatic rings. The van der Waals surface area contributed by atoms with Crippen molar-refractivity contribution >= 4 is 23.3 Å². The van der Waals surface area contributed by atoms with Gasteiger partial charge in [0.15, 0.2) is 0 Å². The zero-order chi connectivity index (χ0) is 19.0. The Balaban J connectivity index is 1.37. The minimum Gasteiger partial charge on any atom is -0.439 e. The van der Waals surface area contributed by atoms with E-state index in [1.54, 1.807) is 0 Å². The summed E-state index contributed by atoms with van der Waals surface area (Å²) < 4.78 is 5.58. The summed E-state index contributed by atoms with van der Waals surface area (Å²) in [6, 6.07) is 9.97. The van der Waals surface area contributed by atoms with E-state index >= 15 is 0 Å². The third-order valence-corrected chi connectivity index (χ3v) is 6.36. The number of amides is 2. The van der Waals surface area contributed by atoms with Gasteiger partial charge in [0.2, 0.25) is 0 Å². The van der Waals surface area contributed by atoms with E-state index in [-0.39, 0.29) is 24.1 Å². The van der Waals surface area contributed by atoms with E-state index in [2.05, 4.69) is 4.98 Å². The number of piperidine rings is 1. The molecule has 0 N–H and O–H groups in total. The van der Waals surface area contributed by atoms with E-state index in [0.29, 0.717) is 19.6 Å². The molecule has 1 unspecified atom stereocenters. The second kappa shape index (κ2) is 7.31. The van der Waals surface area contributed by atoms with E-state index in [9.17, 15) is 9.59 Å². The molecular formula is C20H23N3O3S. The van der Waals surface area contributed by atoms with Crippen LogP contribution in [0.25, 0.3) is 0 Å². The van der Waals surface area contributed by atoms with Crippen molar-refractivity contribution in [3.05, 3.63) is 51.5 Å². The molecule has 27 heavy (non-hydrogen) atoms. The Morgan fingerprint density at radius 3 is 2.52 bits per heavy atom. The van der Waals surface area contributed by atoms with Gasteiger partial charge in [-0.1, -0.05) is 30.3 Å². The Bertz CT molecular complexity index is 843. The number of aromatic nitrogens is 1. The molecule has 0 radical (unpaired) electrons. The lowest BCUT2D eigenvalue weighted by Gasteiger charge is -2.35. The van der Waals surface area contributed by atoms with Crippen LogP contribution in [0.5, 0.6) is 0 Å². The molecule has 2 fully saturated rings. The van der Waals surface area contributed by atoms with Gasteiger partial charge in [-0.3, -0.25) is 4.79 Å². The first-order valence-corrected chi connectivity index (χ1v) is 10.1. The molecule has 0 bridgehead atoms. The van der Waals surface area contributed by atoms with E-state index in [1.165, 1.54) is 11.3 Å². The first-order valence-electron chi connectivity index (χ1n) is 9.28. The van der Waals surface area contributed by atoms with Crippen LogP contribution in [0.2, 0.25) is 0 Å². The molecule has 3 heterocycles. The highest BCUT2D eigenvalue weighted by Gasteiger charge is 2.38. The molecule has 4 rings (SSSR count). The summed E-state index contributed by atoms with van der Waals surface area (Å²) in [5.41, 5.74) is 1.83. The highest BCUT2D eigenvalue weighted by atomic mass is 32.1. The molecule has 6 nitrogen and oxygen atoms in total. The maximum Gasteiger partial charge on any atom is 0.410 e. The molecule has 2 saturated heterocycles. The van der Waals surface area contributed by atoms with E-state index in [1.807, 2.05) is 54.0 Å². The Labute approximate surface area is 162 Å². The molecule has 0 saturated carbocycles. The highest BCUT2D eigenvalue weighted by Crippen LogP contribution is 2.31. The van der Waals surface area contributed by atoms with Crippen LogP contribution < -0.4 is 0 Å². The summed E-state index contributed by atoms with van der Waals surface area (Å²) in [5.74, 6) is 0.0581. The largest absolute Gasteiger partial charge is 0.439 e. The molecular weight excluding hydrogens is 362 g/mol. The van der Waals surface area contributed by atoms with Crippen molar-refractivity contribution in [1.82, 2.24) is 14.8 Å². The number of hydrogen-bond acceptors (Lipinski definition) is 5. The summed E-state index contributed by atoms with van der Waals surface area (Å²) in [6.07, 6.45) is 1.10. The lowest BCUT2D eigenvalue weighted by molar-refractivity contribution is 0.0662. The van der Waals surface area contributed by atoms with Gasteiger partial charge >= 0.3 is 6.09 Å². The van der Waals surface area contributed by atoms with Crippen molar-refractivity contribution in [1.29, 1.82) is 0 Å². The van der Waals surface area contributed by atoms with Crippen molar-refractivity contribution in [3.63, 3.8) is 0 Å². The van der Waals surface area contributed by atoms with Crippen LogP contribution in [0.4, 0.5) is 4.79 Å². The number of hydrogen-bond donors (Lipinski definition) is 0. The van der Waals surface area contributed by atoms with Gasteiger partial charge in [-0.2, -0.15) is 0 Å². The summed E-state index contributed by atoms with van der Waals surface area (Å²) in [4.78, 5) is 33.9. The maximum absolute atomic E-state index is 12.8. The zero-order valence-corrected chi connectivity index (χ0v) is 16.4. The summed E-state index contributed by atoms with van der Waals surface area (Å²) in [5, 5.41) is 0.914. The molecule has 1 aromatic carbocycles. The Morgan fingerprint density at radius 1 is 1.19 bits per heavy atom. The molecule has 1 aromatic heterocycles. The van der Waals surface area contributed by atoms with E-state index < -0.39 is 0 Å². The number of rotatable bonds is 3. The quantitative estimate of drug-likeness (QED) is 0.810. The lowest BCUT2D eigenvalue weighted by atomic mass is 10.0. The Morgan fingerprint density at radius 2 is 1.89 bits per heavy atom. The van der Waals surface area contributed by atoms with Gasteiger partial charge in [-0.05, 0) is 32.3 Å². The third kappa shape index (κ3) is 3.56. The van der Waals surface area contributed by atoms with Crippen LogP contribution in [0.1, 0.15) is 44.9 Å². The van der Waals surface area contributed by atoms with Crippen molar-refractivity contribution in [2.24, 2.45) is 0 Å². The lowest BCUT2D eigenvalue weighted by Crippen LogP contribution is -2.47. The Kier molecular flexibility index (Phi) is 4.86. The van der Waals surface area contributed by atoms with Gasteiger partial charge < -0.3 is 14.5 Å². The number of carbonyl (C=O) groups excluding carboxylic acids is 2. The second-order valence-electron chi connectivity index (χ2n) is 7.11. The Hall–Kier alpha value is -2.41. The van der Waals surface area contributed by atoms with E-state index in [0.717, 1.165) is 34.0 Å². The number of likely N-dealkylation sites (tertiary alicyclic amines) is 1.